The molecule has 0 saturated carbocycles. The molecule has 2 rings (SSSR count). The van der Waals surface area contributed by atoms with Crippen LogP contribution < -0.4 is 4.31 Å². The zero-order valence-corrected chi connectivity index (χ0v) is 14.9. The van der Waals surface area contributed by atoms with Gasteiger partial charge in [-0.2, -0.15) is 0 Å². The van der Waals surface area contributed by atoms with Crippen LogP contribution in [0.15, 0.2) is 42.5 Å². The Labute approximate surface area is 153 Å². The molecule has 0 fully saturated rings. The van der Waals surface area contributed by atoms with Gasteiger partial charge in [0.05, 0.1) is 5.69 Å². The second-order valence-electron chi connectivity index (χ2n) is 5.94. The van der Waals surface area contributed by atoms with Crippen molar-refractivity contribution in [2.75, 3.05) is 4.31 Å². The monoisotopic (exact) mass is 379 g/mol. The predicted octanol–water partition coefficient (Wildman–Crippen LogP) is 3.27. The Hall–Kier alpha value is -2.45. The average molecular weight is 379 g/mol. The SMILES string of the molecule is O=C(O)CCCCCC(C(=O)O)N(c1ccc2ccccc2c1)S(=O)O. The Morgan fingerprint density at radius 3 is 2.31 bits per heavy atom. The van der Waals surface area contributed by atoms with Crippen molar-refractivity contribution in [2.45, 2.75) is 38.1 Å². The van der Waals surface area contributed by atoms with Gasteiger partial charge >= 0.3 is 11.9 Å². The lowest BCUT2D eigenvalue weighted by atomic mass is 10.1. The number of carbonyl (C=O) groups is 2. The van der Waals surface area contributed by atoms with Crippen molar-refractivity contribution in [3.8, 4) is 0 Å². The quantitative estimate of drug-likeness (QED) is 0.431. The maximum Gasteiger partial charge on any atom is 0.327 e. The smallest absolute Gasteiger partial charge is 0.327 e. The van der Waals surface area contributed by atoms with Crippen LogP contribution in [0.3, 0.4) is 0 Å². The van der Waals surface area contributed by atoms with Gasteiger partial charge in [-0.05, 0) is 35.7 Å². The van der Waals surface area contributed by atoms with Crippen molar-refractivity contribution in [1.82, 2.24) is 0 Å². The molecule has 0 bridgehead atoms. The van der Waals surface area contributed by atoms with Gasteiger partial charge in [-0.15, -0.1) is 0 Å². The van der Waals surface area contributed by atoms with Gasteiger partial charge in [0, 0.05) is 6.42 Å². The molecule has 8 heteroatoms. The lowest BCUT2D eigenvalue weighted by Crippen LogP contribution is -2.42. The van der Waals surface area contributed by atoms with Gasteiger partial charge in [0.15, 0.2) is 0 Å². The van der Waals surface area contributed by atoms with Crippen LogP contribution in [0.4, 0.5) is 5.69 Å². The Morgan fingerprint density at radius 2 is 1.69 bits per heavy atom. The third-order valence-electron chi connectivity index (χ3n) is 4.09. The van der Waals surface area contributed by atoms with Gasteiger partial charge < -0.3 is 10.2 Å². The first-order valence-corrected chi connectivity index (χ1v) is 9.30. The number of anilines is 1. The molecule has 0 aliphatic rings. The molecule has 0 amide bonds. The third-order valence-corrected chi connectivity index (χ3v) is 4.89. The van der Waals surface area contributed by atoms with Gasteiger partial charge in [0.1, 0.15) is 6.04 Å². The summed E-state index contributed by atoms with van der Waals surface area (Å²) in [5.74, 6) is -2.09. The van der Waals surface area contributed by atoms with E-state index >= 15 is 0 Å². The second-order valence-corrected chi connectivity index (χ2v) is 6.79. The number of unbranched alkanes of at least 4 members (excludes halogenated alkanes) is 2. The first-order chi connectivity index (χ1) is 12.4. The third kappa shape index (κ3) is 5.27. The molecule has 26 heavy (non-hydrogen) atoms. The minimum Gasteiger partial charge on any atom is -0.481 e. The van der Waals surface area contributed by atoms with E-state index in [0.717, 1.165) is 15.1 Å². The fraction of sp³-hybridized carbons (Fsp3) is 0.333. The molecule has 0 heterocycles. The summed E-state index contributed by atoms with van der Waals surface area (Å²) in [7, 11) is 0. The topological polar surface area (TPSA) is 115 Å². The van der Waals surface area contributed by atoms with Crippen LogP contribution in [0.2, 0.25) is 0 Å². The van der Waals surface area contributed by atoms with Crippen molar-refractivity contribution in [1.29, 1.82) is 0 Å². The Morgan fingerprint density at radius 1 is 1.00 bits per heavy atom. The zero-order chi connectivity index (χ0) is 19.1. The molecule has 0 saturated heterocycles. The molecule has 0 spiro atoms. The lowest BCUT2D eigenvalue weighted by molar-refractivity contribution is -0.139. The van der Waals surface area contributed by atoms with Gasteiger partial charge in [0.2, 0.25) is 0 Å². The van der Waals surface area contributed by atoms with Crippen molar-refractivity contribution >= 4 is 39.7 Å². The number of hydrogen-bond donors (Lipinski definition) is 3. The fourth-order valence-electron chi connectivity index (χ4n) is 2.82. The minimum absolute atomic E-state index is 0.0259. The van der Waals surface area contributed by atoms with Crippen molar-refractivity contribution < 1.29 is 28.6 Å². The van der Waals surface area contributed by atoms with Gasteiger partial charge in [-0.25, -0.2) is 9.00 Å². The van der Waals surface area contributed by atoms with E-state index in [-0.39, 0.29) is 12.8 Å². The number of nitrogens with zero attached hydrogens (tertiary/aromatic N) is 1. The van der Waals surface area contributed by atoms with Crippen LogP contribution in [0.5, 0.6) is 0 Å². The molecule has 2 unspecified atom stereocenters. The number of carboxylic acids is 2. The Bertz CT molecular complexity index is 809. The molecule has 0 aliphatic heterocycles. The molecular weight excluding hydrogens is 358 g/mol. The van der Waals surface area contributed by atoms with Crippen molar-refractivity contribution in [3.63, 3.8) is 0 Å². The highest BCUT2D eigenvalue weighted by atomic mass is 32.2. The predicted molar refractivity (Wildman–Crippen MR) is 99.3 cm³/mol. The summed E-state index contributed by atoms with van der Waals surface area (Å²) in [4.78, 5) is 22.2. The molecular formula is C18H21NO6S. The first-order valence-electron chi connectivity index (χ1n) is 8.23. The second kappa shape index (κ2) is 9.30. The van der Waals surface area contributed by atoms with Crippen LogP contribution in [-0.2, 0) is 20.9 Å². The van der Waals surface area contributed by atoms with E-state index < -0.39 is 29.2 Å². The van der Waals surface area contributed by atoms with E-state index in [1.165, 1.54) is 0 Å². The van der Waals surface area contributed by atoms with E-state index in [2.05, 4.69) is 0 Å². The minimum atomic E-state index is -2.50. The Balaban J connectivity index is 2.18. The summed E-state index contributed by atoms with van der Waals surface area (Å²) in [6.07, 6.45) is 1.61. The van der Waals surface area contributed by atoms with E-state index in [9.17, 15) is 23.5 Å². The molecule has 0 radical (unpaired) electrons. The molecule has 0 aliphatic carbocycles. The zero-order valence-electron chi connectivity index (χ0n) is 14.1. The van der Waals surface area contributed by atoms with Crippen molar-refractivity contribution in [3.05, 3.63) is 42.5 Å². The largest absolute Gasteiger partial charge is 0.481 e. The number of fused-ring (bicyclic) bond motifs is 1. The number of rotatable bonds is 10. The average Bonchev–Trinajstić information content (AvgIpc) is 2.59. The van der Waals surface area contributed by atoms with Gasteiger partial charge in [0.25, 0.3) is 11.3 Å². The van der Waals surface area contributed by atoms with E-state index in [1.807, 2.05) is 24.3 Å². The summed E-state index contributed by atoms with van der Waals surface area (Å²) < 4.78 is 22.5. The summed E-state index contributed by atoms with van der Waals surface area (Å²) in [6.45, 7) is 0. The Kier molecular flexibility index (Phi) is 7.11. The summed E-state index contributed by atoms with van der Waals surface area (Å²) in [6, 6.07) is 11.4. The first kappa shape index (κ1) is 19.9. The van der Waals surface area contributed by atoms with Crippen LogP contribution in [0.1, 0.15) is 32.1 Å². The van der Waals surface area contributed by atoms with Crippen LogP contribution in [0, 0.1) is 0 Å². The highest BCUT2D eigenvalue weighted by Gasteiger charge is 2.29. The van der Waals surface area contributed by atoms with Crippen LogP contribution in [0.25, 0.3) is 10.8 Å². The normalized spacial score (nSPS) is 13.3. The maximum absolute atomic E-state index is 11.9. The number of hydrogen-bond acceptors (Lipinski definition) is 3. The van der Waals surface area contributed by atoms with Crippen molar-refractivity contribution in [2.24, 2.45) is 0 Å². The van der Waals surface area contributed by atoms with E-state index in [4.69, 9.17) is 5.11 Å². The van der Waals surface area contributed by atoms with Crippen LogP contribution in [-0.4, -0.2) is 37.0 Å². The highest BCUT2D eigenvalue weighted by Crippen LogP contribution is 2.26. The van der Waals surface area contributed by atoms with Gasteiger partial charge in [-0.3, -0.25) is 13.7 Å². The maximum atomic E-state index is 11.9. The molecule has 3 N–H and O–H groups in total. The number of aliphatic carboxylic acids is 2. The van der Waals surface area contributed by atoms with E-state index in [1.54, 1.807) is 18.2 Å². The van der Waals surface area contributed by atoms with Crippen LogP contribution >= 0.6 is 0 Å². The van der Waals surface area contributed by atoms with E-state index in [0.29, 0.717) is 24.9 Å². The molecule has 0 aromatic heterocycles. The standard InChI is InChI=1S/C18H21NO6S/c20-17(21)9-3-1-2-8-16(18(22)23)19(26(24)25)15-11-10-13-6-4-5-7-14(13)12-15/h4-7,10-12,16H,1-3,8-9H2,(H,20,21)(H,22,23)(H,24,25). The summed E-state index contributed by atoms with van der Waals surface area (Å²) in [5.41, 5.74) is 0.350. The highest BCUT2D eigenvalue weighted by molar-refractivity contribution is 7.80. The number of carboxylic acid groups (broad SMARTS) is 2. The molecule has 140 valence electrons. The molecule has 2 atom stereocenters. The summed E-state index contributed by atoms with van der Waals surface area (Å²) in [5, 5.41) is 19.9. The van der Waals surface area contributed by atoms with Gasteiger partial charge in [-0.1, -0.05) is 43.2 Å². The lowest BCUT2D eigenvalue weighted by Gasteiger charge is -2.27. The fourth-order valence-corrected chi connectivity index (χ4v) is 3.53. The molecule has 7 nitrogen and oxygen atoms in total. The number of benzene rings is 2. The molecule has 2 aromatic rings. The molecule has 2 aromatic carbocycles. The summed E-state index contributed by atoms with van der Waals surface area (Å²) >= 11 is -2.50.